The number of benzene rings is 1. The summed E-state index contributed by atoms with van der Waals surface area (Å²) in [5.41, 5.74) is 1.42. The van der Waals surface area contributed by atoms with Crippen molar-refractivity contribution in [2.75, 3.05) is 7.05 Å². The molecule has 2 heteroatoms. The molecular formula is C15H27GeN. The third-order valence-electron chi connectivity index (χ3n) is 3.27. The Kier molecular flexibility index (Phi) is 5.27. The summed E-state index contributed by atoms with van der Waals surface area (Å²) in [5, 5.41) is 0. The van der Waals surface area contributed by atoms with E-state index >= 15 is 0 Å². The van der Waals surface area contributed by atoms with Gasteiger partial charge in [0.1, 0.15) is 0 Å². The first-order valence-electron chi connectivity index (χ1n) is 6.56. The SMILES string of the molecule is CC(C)[CH](N(C)Cc1ccccc1)[Ge]([CH3])([CH3])[CH3]. The van der Waals surface area contributed by atoms with Crippen LogP contribution in [0.4, 0.5) is 0 Å². The molecule has 0 radical (unpaired) electrons. The Balaban J connectivity index is 2.77. The molecule has 0 spiro atoms. The van der Waals surface area contributed by atoms with Gasteiger partial charge in [-0.1, -0.05) is 0 Å². The predicted octanol–water partition coefficient (Wildman–Crippen LogP) is 4.02. The quantitative estimate of drug-likeness (QED) is 0.741. The van der Waals surface area contributed by atoms with Crippen LogP contribution in [0.15, 0.2) is 30.3 Å². The van der Waals surface area contributed by atoms with E-state index in [2.05, 4.69) is 73.4 Å². The first-order chi connectivity index (χ1) is 7.82. The second-order valence-corrected chi connectivity index (χ2v) is 17.6. The topological polar surface area (TPSA) is 3.24 Å². The van der Waals surface area contributed by atoms with Crippen molar-refractivity contribution in [1.29, 1.82) is 0 Å². The van der Waals surface area contributed by atoms with Gasteiger partial charge in [-0.3, -0.25) is 0 Å². The van der Waals surface area contributed by atoms with Crippen molar-refractivity contribution in [2.24, 2.45) is 5.92 Å². The van der Waals surface area contributed by atoms with Crippen LogP contribution in [0.1, 0.15) is 19.4 Å². The Labute approximate surface area is 110 Å². The summed E-state index contributed by atoms with van der Waals surface area (Å²) in [7, 11) is 2.29. The molecule has 1 nitrogen and oxygen atoms in total. The van der Waals surface area contributed by atoms with Gasteiger partial charge in [-0.05, 0) is 0 Å². The van der Waals surface area contributed by atoms with Gasteiger partial charge in [-0.2, -0.15) is 0 Å². The van der Waals surface area contributed by atoms with Crippen molar-refractivity contribution in [1.82, 2.24) is 4.90 Å². The van der Waals surface area contributed by atoms with Gasteiger partial charge in [-0.25, -0.2) is 0 Å². The fraction of sp³-hybridized carbons (Fsp3) is 0.600. The minimum absolute atomic E-state index is 0.753. The molecule has 0 aliphatic rings. The summed E-state index contributed by atoms with van der Waals surface area (Å²) >= 11 is -1.65. The van der Waals surface area contributed by atoms with Crippen molar-refractivity contribution in [2.45, 2.75) is 42.5 Å². The summed E-state index contributed by atoms with van der Waals surface area (Å²) in [6.45, 7) is 5.80. The van der Waals surface area contributed by atoms with Gasteiger partial charge >= 0.3 is 110 Å². The van der Waals surface area contributed by atoms with Crippen molar-refractivity contribution in [3.8, 4) is 0 Å². The normalized spacial score (nSPS) is 14.4. The Hall–Kier alpha value is -0.277. The molecule has 17 heavy (non-hydrogen) atoms. The Bertz CT molecular complexity index is 327. The van der Waals surface area contributed by atoms with Crippen LogP contribution in [0.2, 0.25) is 17.3 Å². The molecule has 1 atom stereocenters. The third-order valence-corrected chi connectivity index (χ3v) is 9.32. The number of hydrogen-bond acceptors (Lipinski definition) is 1. The molecule has 1 unspecified atom stereocenters. The van der Waals surface area contributed by atoms with E-state index in [1.807, 2.05) is 0 Å². The summed E-state index contributed by atoms with van der Waals surface area (Å²) in [6.07, 6.45) is 0. The number of nitrogens with zero attached hydrogens (tertiary/aromatic N) is 1. The van der Waals surface area contributed by atoms with Crippen LogP contribution in [0.5, 0.6) is 0 Å². The average Bonchev–Trinajstić information content (AvgIpc) is 2.15. The minimum atomic E-state index is -1.65. The molecule has 0 aromatic heterocycles. The van der Waals surface area contributed by atoms with Crippen LogP contribution in [0.25, 0.3) is 0 Å². The van der Waals surface area contributed by atoms with Crippen molar-refractivity contribution in [3.05, 3.63) is 35.9 Å². The van der Waals surface area contributed by atoms with Gasteiger partial charge in [0.05, 0.1) is 0 Å². The molecule has 1 aromatic rings. The fourth-order valence-corrected chi connectivity index (χ4v) is 10.3. The van der Waals surface area contributed by atoms with E-state index in [0.717, 1.165) is 17.3 Å². The molecule has 0 N–H and O–H groups in total. The zero-order valence-corrected chi connectivity index (χ0v) is 14.3. The molecule has 0 aliphatic heterocycles. The van der Waals surface area contributed by atoms with E-state index in [1.165, 1.54) is 5.56 Å². The molecule has 0 bridgehead atoms. The maximum atomic E-state index is 2.57. The second kappa shape index (κ2) is 6.06. The summed E-state index contributed by atoms with van der Waals surface area (Å²) in [4.78, 5) is 3.36. The van der Waals surface area contributed by atoms with Crippen LogP contribution in [-0.4, -0.2) is 30.1 Å². The summed E-state index contributed by atoms with van der Waals surface area (Å²) in [6, 6.07) is 10.8. The summed E-state index contributed by atoms with van der Waals surface area (Å²) < 4.78 is 0. The molecule has 96 valence electrons. The molecule has 1 rings (SSSR count). The molecule has 0 amide bonds. The van der Waals surface area contributed by atoms with Gasteiger partial charge in [0.2, 0.25) is 0 Å². The van der Waals surface area contributed by atoms with Gasteiger partial charge in [0, 0.05) is 0 Å². The molecule has 0 saturated carbocycles. The molecule has 0 aliphatic carbocycles. The van der Waals surface area contributed by atoms with Crippen LogP contribution in [0.3, 0.4) is 0 Å². The van der Waals surface area contributed by atoms with Gasteiger partial charge in [-0.15, -0.1) is 0 Å². The zero-order valence-electron chi connectivity index (χ0n) is 12.2. The number of hydrogen-bond donors (Lipinski definition) is 0. The Morgan fingerprint density at radius 3 is 2.00 bits per heavy atom. The zero-order chi connectivity index (χ0) is 13.1. The van der Waals surface area contributed by atoms with E-state index in [1.54, 1.807) is 0 Å². The van der Waals surface area contributed by atoms with Crippen molar-refractivity contribution >= 4 is 13.3 Å². The molecule has 0 fully saturated rings. The molecule has 1 aromatic carbocycles. The fourth-order valence-electron chi connectivity index (χ4n) is 3.14. The third kappa shape index (κ3) is 4.47. The molecular weight excluding hydrogens is 267 g/mol. The first kappa shape index (κ1) is 14.8. The second-order valence-electron chi connectivity index (χ2n) is 6.46. The van der Waals surface area contributed by atoms with Gasteiger partial charge in [0.15, 0.2) is 0 Å². The van der Waals surface area contributed by atoms with Gasteiger partial charge in [0.25, 0.3) is 0 Å². The maximum absolute atomic E-state index is 2.57. The first-order valence-corrected chi connectivity index (χ1v) is 14.1. The standard InChI is InChI=1S/C15H27GeN/c1-13(2)15(16(3,4)5)17(6)12-14-10-8-7-9-11-14/h7-11,13,15H,12H2,1-6H3. The molecule has 0 saturated heterocycles. The Morgan fingerprint density at radius 2 is 1.59 bits per heavy atom. The van der Waals surface area contributed by atoms with E-state index in [9.17, 15) is 0 Å². The summed E-state index contributed by atoms with van der Waals surface area (Å²) in [5.74, 6) is 8.31. The van der Waals surface area contributed by atoms with E-state index in [4.69, 9.17) is 0 Å². The van der Waals surface area contributed by atoms with Crippen LogP contribution < -0.4 is 0 Å². The molecule has 0 heterocycles. The van der Waals surface area contributed by atoms with Gasteiger partial charge < -0.3 is 0 Å². The van der Waals surface area contributed by atoms with Crippen molar-refractivity contribution in [3.63, 3.8) is 0 Å². The van der Waals surface area contributed by atoms with Crippen LogP contribution in [-0.2, 0) is 6.54 Å². The average molecular weight is 294 g/mol. The Morgan fingerprint density at radius 1 is 1.06 bits per heavy atom. The van der Waals surface area contributed by atoms with E-state index < -0.39 is 13.3 Å². The van der Waals surface area contributed by atoms with Crippen LogP contribution >= 0.6 is 0 Å². The number of rotatable bonds is 5. The monoisotopic (exact) mass is 295 g/mol. The predicted molar refractivity (Wildman–Crippen MR) is 79.9 cm³/mol. The van der Waals surface area contributed by atoms with E-state index in [-0.39, 0.29) is 0 Å². The van der Waals surface area contributed by atoms with Crippen molar-refractivity contribution < 1.29 is 0 Å². The van der Waals surface area contributed by atoms with Crippen LogP contribution in [0, 0.1) is 5.92 Å². The van der Waals surface area contributed by atoms with E-state index in [0.29, 0.717) is 0 Å².